The molecular weight excluding hydrogens is 208 g/mol. The number of hydrogen-bond donors (Lipinski definition) is 1. The van der Waals surface area contributed by atoms with Crippen LogP contribution in [0.1, 0.15) is 18.1 Å². The van der Waals surface area contributed by atoms with E-state index in [1.165, 1.54) is 0 Å². The standard InChI is InChI=1S/C13H13ClO/c14-9-8-13(15)12-7-3-5-10-4-1-2-6-11(10)12/h1-7,13,15H,8-9H2/t13-/m0/s1. The lowest BCUT2D eigenvalue weighted by Crippen LogP contribution is -1.98. The molecule has 78 valence electrons. The summed E-state index contributed by atoms with van der Waals surface area (Å²) >= 11 is 5.64. The third-order valence-corrected chi connectivity index (χ3v) is 2.78. The molecule has 0 heterocycles. The van der Waals surface area contributed by atoms with Gasteiger partial charge >= 0.3 is 0 Å². The minimum absolute atomic E-state index is 0.464. The predicted molar refractivity (Wildman–Crippen MR) is 64.2 cm³/mol. The Morgan fingerprint density at radius 3 is 2.60 bits per heavy atom. The summed E-state index contributed by atoms with van der Waals surface area (Å²) in [5.41, 5.74) is 0.966. The molecule has 2 aromatic carbocycles. The molecule has 1 atom stereocenters. The van der Waals surface area contributed by atoms with Gasteiger partial charge in [0.2, 0.25) is 0 Å². The number of aliphatic hydroxyl groups is 1. The van der Waals surface area contributed by atoms with E-state index in [4.69, 9.17) is 11.6 Å². The van der Waals surface area contributed by atoms with Crippen LogP contribution in [0.25, 0.3) is 10.8 Å². The van der Waals surface area contributed by atoms with Gasteiger partial charge in [-0.05, 0) is 22.8 Å². The van der Waals surface area contributed by atoms with Crippen LogP contribution in [0, 0.1) is 0 Å². The molecule has 0 unspecified atom stereocenters. The van der Waals surface area contributed by atoms with E-state index in [-0.39, 0.29) is 0 Å². The third-order valence-electron chi connectivity index (χ3n) is 2.56. The van der Waals surface area contributed by atoms with Crippen molar-refractivity contribution < 1.29 is 5.11 Å². The van der Waals surface area contributed by atoms with Crippen LogP contribution in [0.4, 0.5) is 0 Å². The van der Waals surface area contributed by atoms with Crippen LogP contribution in [0.15, 0.2) is 42.5 Å². The van der Waals surface area contributed by atoms with Crippen molar-refractivity contribution >= 4 is 22.4 Å². The van der Waals surface area contributed by atoms with Gasteiger partial charge in [0.25, 0.3) is 0 Å². The van der Waals surface area contributed by atoms with Gasteiger partial charge in [0.15, 0.2) is 0 Å². The molecule has 0 saturated carbocycles. The second-order valence-electron chi connectivity index (χ2n) is 3.56. The highest BCUT2D eigenvalue weighted by molar-refractivity contribution is 6.17. The first-order valence-corrected chi connectivity index (χ1v) is 5.58. The van der Waals surface area contributed by atoms with E-state index in [2.05, 4.69) is 0 Å². The van der Waals surface area contributed by atoms with Gasteiger partial charge in [-0.2, -0.15) is 0 Å². The fourth-order valence-corrected chi connectivity index (χ4v) is 2.01. The van der Waals surface area contributed by atoms with Crippen LogP contribution in [0.5, 0.6) is 0 Å². The normalized spacial score (nSPS) is 12.9. The molecular formula is C13H13ClO. The second-order valence-corrected chi connectivity index (χ2v) is 3.94. The maximum absolute atomic E-state index is 9.93. The van der Waals surface area contributed by atoms with E-state index < -0.39 is 6.10 Å². The first-order valence-electron chi connectivity index (χ1n) is 5.04. The SMILES string of the molecule is O[C@@H](CCCl)c1cccc2ccccc12. The summed E-state index contributed by atoms with van der Waals surface area (Å²) in [5, 5.41) is 12.2. The summed E-state index contributed by atoms with van der Waals surface area (Å²) in [7, 11) is 0. The highest BCUT2D eigenvalue weighted by atomic mass is 35.5. The number of benzene rings is 2. The Balaban J connectivity index is 2.50. The molecule has 1 N–H and O–H groups in total. The van der Waals surface area contributed by atoms with Crippen molar-refractivity contribution in [3.63, 3.8) is 0 Å². The summed E-state index contributed by atoms with van der Waals surface area (Å²) < 4.78 is 0. The van der Waals surface area contributed by atoms with E-state index in [9.17, 15) is 5.11 Å². The van der Waals surface area contributed by atoms with E-state index in [1.54, 1.807) is 0 Å². The molecule has 0 aliphatic heterocycles. The number of alkyl halides is 1. The third kappa shape index (κ3) is 2.14. The molecule has 1 nitrogen and oxygen atoms in total. The zero-order chi connectivity index (χ0) is 10.7. The average Bonchev–Trinajstić information content (AvgIpc) is 2.28. The summed E-state index contributed by atoms with van der Waals surface area (Å²) in [6.07, 6.45) is 0.129. The Kier molecular flexibility index (Phi) is 3.24. The fourth-order valence-electron chi connectivity index (χ4n) is 1.80. The molecule has 0 amide bonds. The zero-order valence-electron chi connectivity index (χ0n) is 8.36. The Labute approximate surface area is 94.3 Å². The molecule has 2 aromatic rings. The molecule has 0 spiro atoms. The van der Waals surface area contributed by atoms with Gasteiger partial charge in [0.05, 0.1) is 6.10 Å². The number of halogens is 1. The lowest BCUT2D eigenvalue weighted by Gasteiger charge is -2.12. The molecule has 0 bridgehead atoms. The number of rotatable bonds is 3. The molecule has 2 heteroatoms. The number of hydrogen-bond acceptors (Lipinski definition) is 1. The highest BCUT2D eigenvalue weighted by Crippen LogP contribution is 2.26. The quantitative estimate of drug-likeness (QED) is 0.785. The van der Waals surface area contributed by atoms with E-state index in [0.29, 0.717) is 12.3 Å². The Bertz CT molecular complexity index is 448. The molecule has 0 aliphatic rings. The van der Waals surface area contributed by atoms with Crippen molar-refractivity contribution in [2.75, 3.05) is 5.88 Å². The van der Waals surface area contributed by atoms with Crippen molar-refractivity contribution in [3.05, 3.63) is 48.0 Å². The number of aliphatic hydroxyl groups excluding tert-OH is 1. The van der Waals surface area contributed by atoms with Crippen molar-refractivity contribution in [3.8, 4) is 0 Å². The summed E-state index contributed by atoms with van der Waals surface area (Å²) in [4.78, 5) is 0. The zero-order valence-corrected chi connectivity index (χ0v) is 9.11. The maximum atomic E-state index is 9.93. The van der Waals surface area contributed by atoms with Crippen molar-refractivity contribution in [1.82, 2.24) is 0 Å². The smallest absolute Gasteiger partial charge is 0.0807 e. The van der Waals surface area contributed by atoms with Gasteiger partial charge in [0.1, 0.15) is 0 Å². The predicted octanol–water partition coefficient (Wildman–Crippen LogP) is 3.50. The van der Waals surface area contributed by atoms with Crippen LogP contribution >= 0.6 is 11.6 Å². The summed E-state index contributed by atoms with van der Waals surface area (Å²) in [5.74, 6) is 0.477. The van der Waals surface area contributed by atoms with Gasteiger partial charge in [0, 0.05) is 5.88 Å². The van der Waals surface area contributed by atoms with E-state index >= 15 is 0 Å². The minimum Gasteiger partial charge on any atom is -0.388 e. The molecule has 15 heavy (non-hydrogen) atoms. The van der Waals surface area contributed by atoms with Gasteiger partial charge in [-0.1, -0.05) is 42.5 Å². The highest BCUT2D eigenvalue weighted by Gasteiger charge is 2.09. The Hall–Kier alpha value is -1.05. The Morgan fingerprint density at radius 1 is 1.07 bits per heavy atom. The lowest BCUT2D eigenvalue weighted by molar-refractivity contribution is 0.176. The van der Waals surface area contributed by atoms with Crippen LogP contribution in [0.3, 0.4) is 0 Å². The van der Waals surface area contributed by atoms with Crippen LogP contribution in [-0.2, 0) is 0 Å². The molecule has 0 aromatic heterocycles. The maximum Gasteiger partial charge on any atom is 0.0807 e. The summed E-state index contributed by atoms with van der Waals surface area (Å²) in [6, 6.07) is 14.0. The molecule has 0 radical (unpaired) electrons. The minimum atomic E-state index is -0.464. The Morgan fingerprint density at radius 2 is 1.80 bits per heavy atom. The van der Waals surface area contributed by atoms with E-state index in [1.807, 2.05) is 42.5 Å². The number of fused-ring (bicyclic) bond motifs is 1. The van der Waals surface area contributed by atoms with E-state index in [0.717, 1.165) is 16.3 Å². The van der Waals surface area contributed by atoms with Gasteiger partial charge < -0.3 is 5.11 Å². The fraction of sp³-hybridized carbons (Fsp3) is 0.231. The first kappa shape index (κ1) is 10.5. The first-order chi connectivity index (χ1) is 7.33. The van der Waals surface area contributed by atoms with Crippen LogP contribution < -0.4 is 0 Å². The average molecular weight is 221 g/mol. The molecule has 0 fully saturated rings. The van der Waals surface area contributed by atoms with Crippen molar-refractivity contribution in [2.24, 2.45) is 0 Å². The van der Waals surface area contributed by atoms with Crippen molar-refractivity contribution in [1.29, 1.82) is 0 Å². The molecule has 0 saturated heterocycles. The monoisotopic (exact) mass is 220 g/mol. The largest absolute Gasteiger partial charge is 0.388 e. The summed E-state index contributed by atoms with van der Waals surface area (Å²) in [6.45, 7) is 0. The molecule has 2 rings (SSSR count). The van der Waals surface area contributed by atoms with Gasteiger partial charge in [-0.15, -0.1) is 11.6 Å². The second kappa shape index (κ2) is 4.65. The van der Waals surface area contributed by atoms with Gasteiger partial charge in [-0.3, -0.25) is 0 Å². The lowest BCUT2D eigenvalue weighted by atomic mass is 9.99. The van der Waals surface area contributed by atoms with Crippen LogP contribution in [0.2, 0.25) is 0 Å². The van der Waals surface area contributed by atoms with Gasteiger partial charge in [-0.25, -0.2) is 0 Å². The molecule has 0 aliphatic carbocycles. The van der Waals surface area contributed by atoms with Crippen LogP contribution in [-0.4, -0.2) is 11.0 Å². The van der Waals surface area contributed by atoms with Crippen molar-refractivity contribution in [2.45, 2.75) is 12.5 Å². The topological polar surface area (TPSA) is 20.2 Å².